The maximum Gasteiger partial charge on any atom is 0.223 e. The molecule has 0 bridgehead atoms. The largest absolute Gasteiger partial charge is 0.356 e. The molecule has 0 aromatic carbocycles. The Morgan fingerprint density at radius 1 is 1.20 bits per heavy atom. The SMILES string of the molecule is CN=C(NCC1CCSCC1)N1CCN(CCC(=O)N(C)C)CC1.I. The number of nitrogens with one attached hydrogen (secondary N) is 1. The Kier molecular flexibility index (Phi) is 11.2. The van der Waals surface area contributed by atoms with Gasteiger partial charge in [-0.05, 0) is 30.3 Å². The Balaban J connectivity index is 0.00000312. The van der Waals surface area contributed by atoms with Crippen LogP contribution in [0.25, 0.3) is 0 Å². The fourth-order valence-electron chi connectivity index (χ4n) is 3.18. The first-order valence-corrected chi connectivity index (χ1v) is 10.2. The number of hydrogen-bond acceptors (Lipinski definition) is 4. The maximum absolute atomic E-state index is 11.7. The molecule has 2 heterocycles. The van der Waals surface area contributed by atoms with Gasteiger partial charge in [0.05, 0.1) is 0 Å². The summed E-state index contributed by atoms with van der Waals surface area (Å²) in [5, 5.41) is 3.58. The number of rotatable bonds is 5. The fraction of sp³-hybridized carbons (Fsp3) is 0.882. The summed E-state index contributed by atoms with van der Waals surface area (Å²) in [7, 11) is 5.52. The third-order valence-electron chi connectivity index (χ3n) is 4.91. The van der Waals surface area contributed by atoms with E-state index in [9.17, 15) is 4.79 Å². The molecule has 25 heavy (non-hydrogen) atoms. The van der Waals surface area contributed by atoms with Gasteiger partial charge < -0.3 is 15.1 Å². The minimum absolute atomic E-state index is 0. The van der Waals surface area contributed by atoms with Crippen molar-refractivity contribution >= 4 is 47.6 Å². The highest BCUT2D eigenvalue weighted by Crippen LogP contribution is 2.21. The van der Waals surface area contributed by atoms with Gasteiger partial charge in [0, 0.05) is 66.8 Å². The van der Waals surface area contributed by atoms with Crippen molar-refractivity contribution in [3.8, 4) is 0 Å². The van der Waals surface area contributed by atoms with Crippen molar-refractivity contribution in [2.75, 3.05) is 71.9 Å². The Morgan fingerprint density at radius 3 is 2.40 bits per heavy atom. The van der Waals surface area contributed by atoms with Crippen LogP contribution in [0.2, 0.25) is 0 Å². The minimum Gasteiger partial charge on any atom is -0.356 e. The standard InChI is InChI=1S/C17H33N5OS.HI/c1-18-17(19-14-15-5-12-24-13-6-15)22-10-8-21(9-11-22)7-4-16(23)20(2)3;/h15H,4-14H2,1-3H3,(H,18,19);1H. The predicted molar refractivity (Wildman–Crippen MR) is 118 cm³/mol. The number of carbonyl (C=O) groups excluding carboxylic acids is 1. The first kappa shape index (κ1) is 22.8. The number of hydrogen-bond donors (Lipinski definition) is 1. The van der Waals surface area contributed by atoms with E-state index in [1.165, 1.54) is 24.3 Å². The molecule has 0 spiro atoms. The van der Waals surface area contributed by atoms with Crippen molar-refractivity contribution in [2.24, 2.45) is 10.9 Å². The summed E-state index contributed by atoms with van der Waals surface area (Å²) in [4.78, 5) is 22.6. The number of piperazine rings is 1. The number of nitrogens with zero attached hydrogens (tertiary/aromatic N) is 4. The lowest BCUT2D eigenvalue weighted by Gasteiger charge is -2.37. The summed E-state index contributed by atoms with van der Waals surface area (Å²) >= 11 is 2.07. The monoisotopic (exact) mass is 483 g/mol. The van der Waals surface area contributed by atoms with Crippen LogP contribution in [0.4, 0.5) is 0 Å². The topological polar surface area (TPSA) is 51.2 Å². The van der Waals surface area contributed by atoms with Crippen molar-refractivity contribution in [1.29, 1.82) is 0 Å². The molecular formula is C17H34IN5OS. The van der Waals surface area contributed by atoms with E-state index in [1.807, 2.05) is 21.1 Å². The molecule has 0 unspecified atom stereocenters. The van der Waals surface area contributed by atoms with Crippen LogP contribution in [0.15, 0.2) is 4.99 Å². The molecule has 0 radical (unpaired) electrons. The molecule has 1 amide bonds. The quantitative estimate of drug-likeness (QED) is 0.364. The maximum atomic E-state index is 11.7. The molecule has 2 saturated heterocycles. The van der Waals surface area contributed by atoms with Crippen LogP contribution < -0.4 is 5.32 Å². The van der Waals surface area contributed by atoms with Gasteiger partial charge in [0.25, 0.3) is 0 Å². The fourth-order valence-corrected chi connectivity index (χ4v) is 4.38. The highest BCUT2D eigenvalue weighted by Gasteiger charge is 2.21. The predicted octanol–water partition coefficient (Wildman–Crippen LogP) is 1.42. The van der Waals surface area contributed by atoms with Crippen LogP contribution in [0.3, 0.4) is 0 Å². The van der Waals surface area contributed by atoms with E-state index >= 15 is 0 Å². The molecule has 0 aliphatic carbocycles. The zero-order chi connectivity index (χ0) is 17.4. The van der Waals surface area contributed by atoms with Crippen molar-refractivity contribution in [1.82, 2.24) is 20.0 Å². The summed E-state index contributed by atoms with van der Waals surface area (Å²) < 4.78 is 0. The highest BCUT2D eigenvalue weighted by atomic mass is 127. The zero-order valence-electron chi connectivity index (χ0n) is 15.9. The van der Waals surface area contributed by atoms with Crippen LogP contribution in [0.1, 0.15) is 19.3 Å². The summed E-state index contributed by atoms with van der Waals surface area (Å²) in [6, 6.07) is 0. The number of thioether (sulfide) groups is 1. The van der Waals surface area contributed by atoms with Crippen LogP contribution in [0.5, 0.6) is 0 Å². The molecule has 2 aliphatic heterocycles. The smallest absolute Gasteiger partial charge is 0.223 e. The molecule has 2 aliphatic rings. The zero-order valence-corrected chi connectivity index (χ0v) is 19.0. The van der Waals surface area contributed by atoms with Crippen molar-refractivity contribution in [3.05, 3.63) is 0 Å². The molecule has 2 rings (SSSR count). The molecule has 0 aromatic rings. The lowest BCUT2D eigenvalue weighted by Crippen LogP contribution is -2.53. The van der Waals surface area contributed by atoms with Crippen LogP contribution in [-0.2, 0) is 4.79 Å². The second kappa shape index (κ2) is 12.2. The lowest BCUT2D eigenvalue weighted by atomic mass is 10.0. The van der Waals surface area contributed by atoms with Crippen molar-refractivity contribution < 1.29 is 4.79 Å². The Bertz CT molecular complexity index is 421. The highest BCUT2D eigenvalue weighted by molar-refractivity contribution is 14.0. The average Bonchev–Trinajstić information content (AvgIpc) is 2.62. The molecular weight excluding hydrogens is 449 g/mol. The summed E-state index contributed by atoms with van der Waals surface area (Å²) in [5.74, 6) is 4.64. The Labute approximate surface area is 174 Å². The number of carbonyl (C=O) groups is 1. The van der Waals surface area contributed by atoms with E-state index in [1.54, 1.807) is 4.90 Å². The van der Waals surface area contributed by atoms with E-state index in [0.717, 1.165) is 51.1 Å². The lowest BCUT2D eigenvalue weighted by molar-refractivity contribution is -0.129. The van der Waals surface area contributed by atoms with E-state index in [4.69, 9.17) is 0 Å². The van der Waals surface area contributed by atoms with Crippen LogP contribution in [-0.4, -0.2) is 98.5 Å². The summed E-state index contributed by atoms with van der Waals surface area (Å²) in [5.41, 5.74) is 0. The van der Waals surface area contributed by atoms with E-state index in [2.05, 4.69) is 31.9 Å². The van der Waals surface area contributed by atoms with E-state index in [-0.39, 0.29) is 29.9 Å². The molecule has 0 atom stereocenters. The van der Waals surface area contributed by atoms with Gasteiger partial charge in [0.2, 0.25) is 5.91 Å². The van der Waals surface area contributed by atoms with E-state index in [0.29, 0.717) is 6.42 Å². The van der Waals surface area contributed by atoms with Gasteiger partial charge in [0.1, 0.15) is 0 Å². The molecule has 0 aromatic heterocycles. The van der Waals surface area contributed by atoms with Gasteiger partial charge in [-0.1, -0.05) is 0 Å². The van der Waals surface area contributed by atoms with Crippen LogP contribution >= 0.6 is 35.7 Å². The second-order valence-corrected chi connectivity index (χ2v) is 8.08. The molecule has 8 heteroatoms. The minimum atomic E-state index is 0. The number of aliphatic imine (C=N–C) groups is 1. The van der Waals surface area contributed by atoms with Gasteiger partial charge in [-0.2, -0.15) is 11.8 Å². The molecule has 146 valence electrons. The van der Waals surface area contributed by atoms with E-state index < -0.39 is 0 Å². The van der Waals surface area contributed by atoms with Crippen LogP contribution in [0, 0.1) is 5.92 Å². The van der Waals surface area contributed by atoms with Gasteiger partial charge in [-0.3, -0.25) is 14.7 Å². The number of guanidine groups is 1. The third kappa shape index (κ3) is 7.90. The Morgan fingerprint density at radius 2 is 1.84 bits per heavy atom. The first-order valence-electron chi connectivity index (χ1n) is 9.06. The van der Waals surface area contributed by atoms with Crippen molar-refractivity contribution in [3.63, 3.8) is 0 Å². The average molecular weight is 483 g/mol. The summed E-state index contributed by atoms with van der Waals surface area (Å²) in [6.45, 7) is 5.87. The Hall–Kier alpha value is -0.220. The molecule has 1 N–H and O–H groups in total. The molecule has 6 nitrogen and oxygen atoms in total. The second-order valence-electron chi connectivity index (χ2n) is 6.85. The van der Waals surface area contributed by atoms with Gasteiger partial charge in [-0.25, -0.2) is 0 Å². The molecule has 2 fully saturated rings. The van der Waals surface area contributed by atoms with Gasteiger partial charge in [0.15, 0.2) is 5.96 Å². The number of halogens is 1. The van der Waals surface area contributed by atoms with Gasteiger partial charge >= 0.3 is 0 Å². The molecule has 0 saturated carbocycles. The first-order chi connectivity index (χ1) is 11.6. The summed E-state index contributed by atoms with van der Waals surface area (Å²) in [6.07, 6.45) is 3.25. The normalized spacial score (nSPS) is 20.1. The van der Waals surface area contributed by atoms with Crippen molar-refractivity contribution in [2.45, 2.75) is 19.3 Å². The van der Waals surface area contributed by atoms with Gasteiger partial charge in [-0.15, -0.1) is 24.0 Å². The third-order valence-corrected chi connectivity index (χ3v) is 5.96. The number of amides is 1.